The van der Waals surface area contributed by atoms with Crippen LogP contribution in [0.1, 0.15) is 11.3 Å². The fraction of sp³-hybridized carbons (Fsp3) is 0.182. The van der Waals surface area contributed by atoms with Crippen LogP contribution < -0.4 is 9.60 Å². The van der Waals surface area contributed by atoms with Gasteiger partial charge in [0, 0.05) is 5.69 Å². The second kappa shape index (κ2) is 4.78. The van der Waals surface area contributed by atoms with E-state index < -0.39 is 20.7 Å². The van der Waals surface area contributed by atoms with Gasteiger partial charge in [0.05, 0.1) is 5.69 Å². The van der Waals surface area contributed by atoms with Crippen molar-refractivity contribution in [3.8, 4) is 0 Å². The molecule has 2 aromatic rings. The molecule has 0 unspecified atom stereocenters. The number of halogens is 1. The van der Waals surface area contributed by atoms with Crippen molar-refractivity contribution in [2.75, 3.05) is 4.72 Å². The number of aromatic nitrogens is 1. The number of hydrogen-bond donors (Lipinski definition) is 2. The van der Waals surface area contributed by atoms with E-state index in [9.17, 15) is 17.6 Å². The molecule has 0 bridgehead atoms. The standard InChI is InChI=1S/C11H11FN2O3S2/c1-6-3-4-8(12)9(5-6)14-19(16,17)10-7(2)13-11(15)18-10/h3-5,14H,1-2H3,(H,13,15). The Bertz CT molecular complexity index is 777. The molecule has 19 heavy (non-hydrogen) atoms. The smallest absolute Gasteiger partial charge is 0.306 e. The maximum absolute atomic E-state index is 13.5. The Morgan fingerprint density at radius 1 is 1.32 bits per heavy atom. The van der Waals surface area contributed by atoms with Crippen molar-refractivity contribution < 1.29 is 12.8 Å². The van der Waals surface area contributed by atoms with E-state index in [-0.39, 0.29) is 15.6 Å². The molecule has 1 heterocycles. The molecule has 1 aromatic heterocycles. The minimum absolute atomic E-state index is 0.139. The topological polar surface area (TPSA) is 79.0 Å². The summed E-state index contributed by atoms with van der Waals surface area (Å²) in [5.74, 6) is -0.672. The van der Waals surface area contributed by atoms with Crippen LogP contribution in [0.15, 0.2) is 27.2 Å². The summed E-state index contributed by atoms with van der Waals surface area (Å²) in [5.41, 5.74) is 0.814. The largest absolute Gasteiger partial charge is 0.315 e. The molecular formula is C11H11FN2O3S2. The lowest BCUT2D eigenvalue weighted by Gasteiger charge is -2.08. The van der Waals surface area contributed by atoms with Gasteiger partial charge in [0.15, 0.2) is 4.21 Å². The van der Waals surface area contributed by atoms with E-state index >= 15 is 0 Å². The van der Waals surface area contributed by atoms with E-state index in [1.165, 1.54) is 25.1 Å². The van der Waals surface area contributed by atoms with Crippen LogP contribution in [-0.2, 0) is 10.0 Å². The van der Waals surface area contributed by atoms with Gasteiger partial charge in [-0.1, -0.05) is 17.4 Å². The molecule has 0 aliphatic rings. The molecule has 2 rings (SSSR count). The molecule has 0 aliphatic heterocycles. The number of aromatic amines is 1. The van der Waals surface area contributed by atoms with E-state index in [1.54, 1.807) is 6.92 Å². The number of nitrogens with one attached hydrogen (secondary N) is 2. The second-order valence-corrected chi connectivity index (χ2v) is 6.88. The third kappa shape index (κ3) is 2.85. The quantitative estimate of drug-likeness (QED) is 0.910. The van der Waals surface area contributed by atoms with Gasteiger partial charge in [0.1, 0.15) is 5.82 Å². The lowest BCUT2D eigenvalue weighted by molar-refractivity contribution is 0.599. The summed E-state index contributed by atoms with van der Waals surface area (Å²) in [6, 6.07) is 4.10. The minimum atomic E-state index is -3.97. The maximum Gasteiger partial charge on any atom is 0.306 e. The highest BCUT2D eigenvalue weighted by atomic mass is 32.2. The van der Waals surface area contributed by atoms with Gasteiger partial charge in [-0.05, 0) is 31.5 Å². The molecule has 0 spiro atoms. The van der Waals surface area contributed by atoms with Gasteiger partial charge in [0.2, 0.25) is 0 Å². The van der Waals surface area contributed by atoms with Gasteiger partial charge in [-0.2, -0.15) is 0 Å². The predicted molar refractivity (Wildman–Crippen MR) is 71.6 cm³/mol. The molecule has 0 saturated heterocycles. The molecule has 0 radical (unpaired) electrons. The van der Waals surface area contributed by atoms with Crippen LogP contribution in [0.25, 0.3) is 0 Å². The van der Waals surface area contributed by atoms with E-state index in [4.69, 9.17) is 0 Å². The molecule has 1 aromatic carbocycles. The Balaban J connectivity index is 2.45. The first-order chi connectivity index (χ1) is 8.79. The van der Waals surface area contributed by atoms with Crippen molar-refractivity contribution in [3.63, 3.8) is 0 Å². The molecular weight excluding hydrogens is 291 g/mol. The molecule has 2 N–H and O–H groups in total. The predicted octanol–water partition coefficient (Wildman–Crippen LogP) is 1.99. The Labute approximate surface area is 113 Å². The van der Waals surface area contributed by atoms with Gasteiger partial charge in [0.25, 0.3) is 10.0 Å². The van der Waals surface area contributed by atoms with Crippen molar-refractivity contribution in [3.05, 3.63) is 44.9 Å². The average molecular weight is 302 g/mol. The Kier molecular flexibility index (Phi) is 3.46. The van der Waals surface area contributed by atoms with Crippen LogP contribution in [0.5, 0.6) is 0 Å². The zero-order chi connectivity index (χ0) is 14.2. The highest BCUT2D eigenvalue weighted by Crippen LogP contribution is 2.23. The third-order valence-electron chi connectivity index (χ3n) is 2.39. The molecule has 5 nitrogen and oxygen atoms in total. The lowest BCUT2D eigenvalue weighted by Crippen LogP contribution is -2.13. The van der Waals surface area contributed by atoms with Crippen molar-refractivity contribution >= 4 is 27.0 Å². The fourth-order valence-electron chi connectivity index (χ4n) is 1.56. The highest BCUT2D eigenvalue weighted by molar-refractivity contribution is 7.94. The third-order valence-corrected chi connectivity index (χ3v) is 5.36. The van der Waals surface area contributed by atoms with Crippen LogP contribution in [-0.4, -0.2) is 13.4 Å². The minimum Gasteiger partial charge on any atom is -0.315 e. The Morgan fingerprint density at radius 2 is 2.00 bits per heavy atom. The van der Waals surface area contributed by atoms with Gasteiger partial charge in [-0.15, -0.1) is 0 Å². The Hall–Kier alpha value is -1.67. The Morgan fingerprint density at radius 3 is 2.58 bits per heavy atom. The normalized spacial score (nSPS) is 11.5. The van der Waals surface area contributed by atoms with E-state index in [1.807, 2.05) is 0 Å². The van der Waals surface area contributed by atoms with Crippen molar-refractivity contribution in [2.45, 2.75) is 18.1 Å². The number of benzene rings is 1. The zero-order valence-corrected chi connectivity index (χ0v) is 11.8. The molecule has 102 valence electrons. The average Bonchev–Trinajstić information content (AvgIpc) is 2.63. The molecule has 0 fully saturated rings. The van der Waals surface area contributed by atoms with Crippen LogP contribution >= 0.6 is 11.3 Å². The SMILES string of the molecule is Cc1ccc(F)c(NS(=O)(=O)c2sc(=O)[nH]c2C)c1. The van der Waals surface area contributed by atoms with Crippen LogP contribution in [0.3, 0.4) is 0 Å². The van der Waals surface area contributed by atoms with Gasteiger partial charge >= 0.3 is 4.87 Å². The molecule has 0 atom stereocenters. The number of sulfonamides is 1. The molecule has 8 heteroatoms. The summed E-state index contributed by atoms with van der Waals surface area (Å²) in [4.78, 5) is 13.0. The summed E-state index contributed by atoms with van der Waals surface area (Å²) in [6.45, 7) is 3.19. The number of hydrogen-bond acceptors (Lipinski definition) is 4. The number of thiazole rings is 1. The van der Waals surface area contributed by atoms with Gasteiger partial charge < -0.3 is 4.98 Å². The van der Waals surface area contributed by atoms with Crippen LogP contribution in [0.2, 0.25) is 0 Å². The first-order valence-corrected chi connectivity index (χ1v) is 7.58. The van der Waals surface area contributed by atoms with E-state index in [2.05, 4.69) is 9.71 Å². The lowest BCUT2D eigenvalue weighted by atomic mass is 10.2. The summed E-state index contributed by atoms with van der Waals surface area (Å²) in [5, 5.41) is 0. The maximum atomic E-state index is 13.5. The van der Waals surface area contributed by atoms with Crippen molar-refractivity contribution in [1.82, 2.24) is 4.98 Å². The fourth-order valence-corrected chi connectivity index (χ4v) is 3.92. The number of aryl methyl sites for hydroxylation is 2. The number of rotatable bonds is 3. The molecule has 0 aliphatic carbocycles. The molecule has 0 saturated carbocycles. The first kappa shape index (κ1) is 13.8. The second-order valence-electron chi connectivity index (χ2n) is 4.02. The summed E-state index contributed by atoms with van der Waals surface area (Å²) >= 11 is 0.567. The van der Waals surface area contributed by atoms with Crippen LogP contribution in [0, 0.1) is 19.7 Å². The first-order valence-electron chi connectivity index (χ1n) is 5.28. The van der Waals surface area contributed by atoms with E-state index in [0.29, 0.717) is 11.3 Å². The monoisotopic (exact) mass is 302 g/mol. The van der Waals surface area contributed by atoms with Crippen LogP contribution in [0.4, 0.5) is 10.1 Å². The summed E-state index contributed by atoms with van der Waals surface area (Å²) in [7, 11) is -3.97. The summed E-state index contributed by atoms with van der Waals surface area (Å²) in [6.07, 6.45) is 0. The highest BCUT2D eigenvalue weighted by Gasteiger charge is 2.21. The number of anilines is 1. The van der Waals surface area contributed by atoms with E-state index in [0.717, 1.165) is 5.56 Å². The number of H-pyrrole nitrogens is 1. The molecule has 0 amide bonds. The zero-order valence-electron chi connectivity index (χ0n) is 10.2. The van der Waals surface area contributed by atoms with Gasteiger partial charge in [-0.25, -0.2) is 12.8 Å². The van der Waals surface area contributed by atoms with Crippen molar-refractivity contribution in [1.29, 1.82) is 0 Å². The van der Waals surface area contributed by atoms with Gasteiger partial charge in [-0.3, -0.25) is 9.52 Å². The summed E-state index contributed by atoms with van der Waals surface area (Å²) < 4.78 is 39.7. The van der Waals surface area contributed by atoms with Crippen molar-refractivity contribution in [2.24, 2.45) is 0 Å².